The van der Waals surface area contributed by atoms with E-state index in [0.717, 1.165) is 0 Å². The number of carbonyl (C=O) groups excluding carboxylic acids is 3. The minimum Gasteiger partial charge on any atom is -0.487 e. The van der Waals surface area contributed by atoms with E-state index in [-0.39, 0.29) is 36.5 Å². The van der Waals surface area contributed by atoms with Crippen LogP contribution in [0.2, 0.25) is 0 Å². The molecule has 1 heterocycles. The Morgan fingerprint density at radius 2 is 1.72 bits per heavy atom. The van der Waals surface area contributed by atoms with Crippen molar-refractivity contribution in [2.75, 3.05) is 7.11 Å². The van der Waals surface area contributed by atoms with E-state index in [9.17, 15) is 40.7 Å². The summed E-state index contributed by atoms with van der Waals surface area (Å²) in [5.41, 5.74) is 0.0894. The number of carbonyl (C=O) groups is 3. The molecule has 0 amide bonds. The SMILES string of the molecule is COC(=O)C1=C[C@H]2c3c(OC(=O)C(F)(F)F)cc(CCCC(C)OC(=O)C(F)(F)F)cc3OC(C)(C)[C@@H]2CC1. The fourth-order valence-corrected chi connectivity index (χ4v) is 4.99. The maximum absolute atomic E-state index is 13.1. The van der Waals surface area contributed by atoms with Gasteiger partial charge in [0.25, 0.3) is 0 Å². The second-order valence-corrected chi connectivity index (χ2v) is 10.1. The first kappa shape index (κ1) is 30.3. The second kappa shape index (κ2) is 11.1. The third-order valence-electron chi connectivity index (χ3n) is 6.80. The van der Waals surface area contributed by atoms with Gasteiger partial charge in [-0.1, -0.05) is 6.08 Å². The van der Waals surface area contributed by atoms with Gasteiger partial charge in [-0.25, -0.2) is 14.4 Å². The number of benzene rings is 1. The van der Waals surface area contributed by atoms with E-state index in [1.54, 1.807) is 26.0 Å². The first-order chi connectivity index (χ1) is 17.9. The Kier molecular flexibility index (Phi) is 8.61. The van der Waals surface area contributed by atoms with Gasteiger partial charge in [-0.3, -0.25) is 0 Å². The lowest BCUT2D eigenvalue weighted by molar-refractivity contribution is -0.204. The average Bonchev–Trinajstić information content (AvgIpc) is 2.81. The molecule has 13 heteroatoms. The fraction of sp³-hybridized carbons (Fsp3) is 0.577. The van der Waals surface area contributed by atoms with Crippen molar-refractivity contribution in [2.45, 2.75) is 82.9 Å². The number of ether oxygens (including phenoxy) is 4. The maximum Gasteiger partial charge on any atom is 0.491 e. The van der Waals surface area contributed by atoms with Crippen LogP contribution in [-0.2, 0) is 30.3 Å². The van der Waals surface area contributed by atoms with Crippen LogP contribution in [0.1, 0.15) is 63.5 Å². The first-order valence-electron chi connectivity index (χ1n) is 12.2. The monoisotopic (exact) mass is 566 g/mol. The molecule has 1 aromatic carbocycles. The highest BCUT2D eigenvalue weighted by atomic mass is 19.4. The van der Waals surface area contributed by atoms with Gasteiger partial charge in [0, 0.05) is 23.0 Å². The summed E-state index contributed by atoms with van der Waals surface area (Å²) in [5, 5.41) is 0. The number of hydrogen-bond acceptors (Lipinski definition) is 7. The zero-order chi connectivity index (χ0) is 29.3. The quantitative estimate of drug-likeness (QED) is 0.237. The Labute approximate surface area is 220 Å². The van der Waals surface area contributed by atoms with Crippen molar-refractivity contribution in [1.29, 1.82) is 0 Å². The molecule has 0 radical (unpaired) electrons. The summed E-state index contributed by atoms with van der Waals surface area (Å²) in [6, 6.07) is 2.80. The lowest BCUT2D eigenvalue weighted by atomic mass is 9.67. The van der Waals surface area contributed by atoms with Gasteiger partial charge in [-0.15, -0.1) is 0 Å². The first-order valence-corrected chi connectivity index (χ1v) is 12.2. The summed E-state index contributed by atoms with van der Waals surface area (Å²) >= 11 is 0. The van der Waals surface area contributed by atoms with Crippen LogP contribution in [0.5, 0.6) is 11.5 Å². The number of fused-ring (bicyclic) bond motifs is 3. The third kappa shape index (κ3) is 7.04. The van der Waals surface area contributed by atoms with Crippen LogP contribution in [0, 0.1) is 5.92 Å². The van der Waals surface area contributed by atoms with E-state index in [2.05, 4.69) is 4.74 Å². The van der Waals surface area contributed by atoms with Crippen LogP contribution >= 0.6 is 0 Å². The second-order valence-electron chi connectivity index (χ2n) is 10.1. The lowest BCUT2D eigenvalue weighted by Crippen LogP contribution is -2.45. The maximum atomic E-state index is 13.1. The Morgan fingerprint density at radius 1 is 1.08 bits per heavy atom. The van der Waals surface area contributed by atoms with Crippen LogP contribution < -0.4 is 9.47 Å². The molecule has 1 aromatic rings. The van der Waals surface area contributed by atoms with Gasteiger partial charge in [0.2, 0.25) is 0 Å². The molecule has 0 saturated carbocycles. The normalized spacial score (nSPS) is 20.9. The molecule has 1 aliphatic carbocycles. The number of halogens is 6. The summed E-state index contributed by atoms with van der Waals surface area (Å²) in [6.45, 7) is 4.89. The molecule has 7 nitrogen and oxygen atoms in total. The molecule has 2 aliphatic rings. The zero-order valence-electron chi connectivity index (χ0n) is 21.6. The molecule has 0 spiro atoms. The van der Waals surface area contributed by atoms with Gasteiger partial charge >= 0.3 is 30.3 Å². The molecule has 0 aromatic heterocycles. The van der Waals surface area contributed by atoms with Crippen LogP contribution in [0.4, 0.5) is 26.3 Å². The Bertz CT molecular complexity index is 1150. The van der Waals surface area contributed by atoms with Crippen LogP contribution in [0.3, 0.4) is 0 Å². The minimum atomic E-state index is -5.28. The number of hydrogen-bond donors (Lipinski definition) is 0. The highest BCUT2D eigenvalue weighted by molar-refractivity contribution is 5.89. The Hall–Kier alpha value is -3.25. The summed E-state index contributed by atoms with van der Waals surface area (Å²) in [4.78, 5) is 35.0. The summed E-state index contributed by atoms with van der Waals surface area (Å²) in [6.07, 6.45) is -8.70. The van der Waals surface area contributed by atoms with Gasteiger partial charge in [0.05, 0.1) is 13.2 Å². The average molecular weight is 566 g/mol. The smallest absolute Gasteiger partial charge is 0.487 e. The van der Waals surface area contributed by atoms with E-state index in [1.807, 2.05) is 0 Å². The largest absolute Gasteiger partial charge is 0.491 e. The minimum absolute atomic E-state index is 0.0266. The molecular formula is C26H28F6O7. The lowest BCUT2D eigenvalue weighted by Gasteiger charge is -2.46. The molecule has 39 heavy (non-hydrogen) atoms. The topological polar surface area (TPSA) is 88.1 Å². The number of alkyl halides is 6. The Morgan fingerprint density at radius 3 is 2.31 bits per heavy atom. The highest BCUT2D eigenvalue weighted by Gasteiger charge is 2.48. The molecule has 3 rings (SSSR count). The standard InChI is InChI=1S/C26H28F6O7/c1-13(37-22(34)25(27,28)29)6-5-7-14-10-18(38-23(35)26(30,31)32)20-16-12-15(21(33)36-4)8-9-17(16)24(2,3)39-19(20)11-14/h10-13,16-17H,5-9H2,1-4H3/t13?,16-,17-/m1/s1. The van der Waals surface area contributed by atoms with Crippen molar-refractivity contribution in [3.05, 3.63) is 34.9 Å². The van der Waals surface area contributed by atoms with E-state index in [0.29, 0.717) is 24.0 Å². The molecule has 1 unspecified atom stereocenters. The molecular weight excluding hydrogens is 538 g/mol. The number of aryl methyl sites for hydroxylation is 1. The predicted molar refractivity (Wildman–Crippen MR) is 123 cm³/mol. The third-order valence-corrected chi connectivity index (χ3v) is 6.80. The fourth-order valence-electron chi connectivity index (χ4n) is 4.99. The van der Waals surface area contributed by atoms with Gasteiger partial charge in [-0.05, 0) is 70.6 Å². The van der Waals surface area contributed by atoms with Crippen LogP contribution in [-0.4, -0.2) is 49.1 Å². The van der Waals surface area contributed by atoms with E-state index in [4.69, 9.17) is 14.2 Å². The van der Waals surface area contributed by atoms with Crippen LogP contribution in [0.15, 0.2) is 23.8 Å². The van der Waals surface area contributed by atoms with Gasteiger partial charge in [0.1, 0.15) is 17.1 Å². The van der Waals surface area contributed by atoms with Crippen molar-refractivity contribution < 1.29 is 59.7 Å². The molecule has 1 aliphatic heterocycles. The van der Waals surface area contributed by atoms with Gasteiger partial charge in [-0.2, -0.15) is 26.3 Å². The molecule has 0 bridgehead atoms. The summed E-state index contributed by atoms with van der Waals surface area (Å²) in [5.74, 6) is -6.47. The Balaban J connectivity index is 1.95. The summed E-state index contributed by atoms with van der Waals surface area (Å²) < 4.78 is 96.7. The zero-order valence-corrected chi connectivity index (χ0v) is 21.6. The highest BCUT2D eigenvalue weighted by Crippen LogP contribution is 2.54. The predicted octanol–water partition coefficient (Wildman–Crippen LogP) is 5.74. The molecule has 0 N–H and O–H groups in total. The van der Waals surface area contributed by atoms with Crippen molar-refractivity contribution in [1.82, 2.24) is 0 Å². The number of rotatable bonds is 7. The number of methoxy groups -OCH3 is 1. The van der Waals surface area contributed by atoms with Gasteiger partial charge < -0.3 is 18.9 Å². The molecule has 0 fully saturated rings. The summed E-state index contributed by atoms with van der Waals surface area (Å²) in [7, 11) is 1.21. The van der Waals surface area contributed by atoms with Gasteiger partial charge in [0.15, 0.2) is 0 Å². The molecule has 216 valence electrons. The number of esters is 3. The number of allylic oxidation sites excluding steroid dienone is 1. The van der Waals surface area contributed by atoms with Crippen molar-refractivity contribution in [2.24, 2.45) is 5.92 Å². The van der Waals surface area contributed by atoms with E-state index < -0.39 is 53.6 Å². The van der Waals surface area contributed by atoms with E-state index in [1.165, 1.54) is 20.1 Å². The van der Waals surface area contributed by atoms with Crippen LogP contribution in [0.25, 0.3) is 0 Å². The molecule has 3 atom stereocenters. The van der Waals surface area contributed by atoms with Crippen molar-refractivity contribution in [3.8, 4) is 11.5 Å². The van der Waals surface area contributed by atoms with E-state index >= 15 is 0 Å². The molecule has 0 saturated heterocycles. The van der Waals surface area contributed by atoms with Crippen molar-refractivity contribution >= 4 is 17.9 Å². The van der Waals surface area contributed by atoms with Crippen molar-refractivity contribution in [3.63, 3.8) is 0 Å².